The number of rotatable bonds is 0. The van der Waals surface area contributed by atoms with Gasteiger partial charge in [0, 0.05) is 24.6 Å². The van der Waals surface area contributed by atoms with Gasteiger partial charge >= 0.3 is 0 Å². The molecule has 33 heavy (non-hydrogen) atoms. The van der Waals surface area contributed by atoms with Crippen molar-refractivity contribution >= 4 is 17.7 Å². The Morgan fingerprint density at radius 3 is 3.06 bits per heavy atom. The summed E-state index contributed by atoms with van der Waals surface area (Å²) in [5, 5.41) is 9.11. The van der Waals surface area contributed by atoms with Gasteiger partial charge in [-0.1, -0.05) is 6.58 Å². The maximum Gasteiger partial charge on any atom is 0.255 e. The first-order chi connectivity index (χ1) is 16.1. The van der Waals surface area contributed by atoms with Gasteiger partial charge in [-0.15, -0.1) is 0 Å². The first kappa shape index (κ1) is 20.1. The van der Waals surface area contributed by atoms with Gasteiger partial charge in [0.25, 0.3) is 5.91 Å². The van der Waals surface area contributed by atoms with Crippen molar-refractivity contribution in [3.63, 3.8) is 0 Å². The summed E-state index contributed by atoms with van der Waals surface area (Å²) in [4.78, 5) is 23.4. The molecule has 0 saturated carbocycles. The van der Waals surface area contributed by atoms with Gasteiger partial charge in [0.2, 0.25) is 5.88 Å². The van der Waals surface area contributed by atoms with Crippen LogP contribution in [0.25, 0.3) is 11.8 Å². The number of amides is 1. The number of pyridine rings is 1. The zero-order valence-electron chi connectivity index (χ0n) is 17.7. The molecule has 6 rings (SSSR count). The van der Waals surface area contributed by atoms with Crippen LogP contribution in [0.4, 0.5) is 4.39 Å². The van der Waals surface area contributed by atoms with E-state index in [1.165, 1.54) is 12.3 Å². The molecule has 2 bridgehead atoms. The molecule has 170 valence electrons. The summed E-state index contributed by atoms with van der Waals surface area (Å²) in [7, 11) is 0. The number of allylic oxidation sites excluding steroid dienone is 3. The monoisotopic (exact) mass is 451 g/mol. The number of hydroxylamine groups is 2. The highest BCUT2D eigenvalue weighted by Crippen LogP contribution is 2.40. The molecule has 9 nitrogen and oxygen atoms in total. The lowest BCUT2D eigenvalue weighted by atomic mass is 10.0. The van der Waals surface area contributed by atoms with Gasteiger partial charge in [0.15, 0.2) is 0 Å². The topological polar surface area (TPSA) is 90.7 Å². The van der Waals surface area contributed by atoms with E-state index in [1.807, 2.05) is 12.2 Å². The lowest BCUT2D eigenvalue weighted by Gasteiger charge is -2.33. The van der Waals surface area contributed by atoms with E-state index in [-0.39, 0.29) is 11.9 Å². The minimum absolute atomic E-state index is 0.292. The molecule has 0 aliphatic carbocycles. The highest BCUT2D eigenvalue weighted by atomic mass is 19.1. The van der Waals surface area contributed by atoms with Gasteiger partial charge in [-0.2, -0.15) is 5.10 Å². The van der Waals surface area contributed by atoms with Crippen molar-refractivity contribution in [3.8, 4) is 5.88 Å². The van der Waals surface area contributed by atoms with Crippen LogP contribution in [-0.4, -0.2) is 57.7 Å². The molecule has 10 heteroatoms. The zero-order chi connectivity index (χ0) is 22.5. The van der Waals surface area contributed by atoms with E-state index in [2.05, 4.69) is 22.0 Å². The summed E-state index contributed by atoms with van der Waals surface area (Å²) in [5.74, 6) is -0.433. The molecule has 2 aromatic heterocycles. The van der Waals surface area contributed by atoms with Gasteiger partial charge in [0.05, 0.1) is 61.3 Å². The molecule has 2 fully saturated rings. The number of hydrogen-bond donors (Lipinski definition) is 1. The van der Waals surface area contributed by atoms with Crippen LogP contribution < -0.4 is 10.1 Å². The van der Waals surface area contributed by atoms with E-state index in [9.17, 15) is 9.18 Å². The van der Waals surface area contributed by atoms with Crippen LogP contribution in [-0.2, 0) is 9.57 Å². The summed E-state index contributed by atoms with van der Waals surface area (Å²) in [6.45, 7) is 5.41. The lowest BCUT2D eigenvalue weighted by molar-refractivity contribution is -0.0987. The molecule has 4 aliphatic heterocycles. The highest BCUT2D eigenvalue weighted by molar-refractivity contribution is 6.00. The number of fused-ring (bicyclic) bond motifs is 6. The predicted octanol–water partition coefficient (Wildman–Crippen LogP) is 2.46. The maximum absolute atomic E-state index is 14.3. The Hall–Kier alpha value is -3.50. The van der Waals surface area contributed by atoms with Crippen LogP contribution in [0.2, 0.25) is 0 Å². The molecule has 6 heterocycles. The van der Waals surface area contributed by atoms with E-state index < -0.39 is 18.0 Å². The Bertz CT molecular complexity index is 1210. The van der Waals surface area contributed by atoms with Gasteiger partial charge < -0.3 is 14.8 Å². The summed E-state index contributed by atoms with van der Waals surface area (Å²) in [5.41, 5.74) is 2.89. The Balaban J connectivity index is 1.52. The molecule has 0 radical (unpaired) electrons. The lowest BCUT2D eigenvalue weighted by Crippen LogP contribution is -2.52. The number of carbonyl (C=O) groups is 1. The molecule has 1 N–H and O–H groups in total. The highest BCUT2D eigenvalue weighted by Gasteiger charge is 2.36. The fraction of sp³-hybridized carbons (Fsp3) is 0.348. The van der Waals surface area contributed by atoms with Crippen molar-refractivity contribution in [1.29, 1.82) is 0 Å². The second kappa shape index (κ2) is 7.82. The normalized spacial score (nSPS) is 26.4. The maximum atomic E-state index is 14.3. The van der Waals surface area contributed by atoms with Crippen LogP contribution in [0.5, 0.6) is 5.88 Å². The molecule has 1 unspecified atom stereocenters. The molecule has 0 spiro atoms. The molecule has 2 aromatic rings. The van der Waals surface area contributed by atoms with Crippen molar-refractivity contribution < 1.29 is 23.5 Å². The summed E-state index contributed by atoms with van der Waals surface area (Å²) < 4.78 is 27.8. The van der Waals surface area contributed by atoms with Crippen LogP contribution in [0.1, 0.15) is 40.5 Å². The molecular weight excluding hydrogens is 429 g/mol. The number of nitrogens with zero attached hydrogens (tertiary/aromatic N) is 4. The fourth-order valence-electron chi connectivity index (χ4n) is 4.71. The Morgan fingerprint density at radius 2 is 2.15 bits per heavy atom. The molecular formula is C23H22FN5O4. The predicted molar refractivity (Wildman–Crippen MR) is 115 cm³/mol. The van der Waals surface area contributed by atoms with E-state index in [0.29, 0.717) is 66.6 Å². The third kappa shape index (κ3) is 3.42. The first-order valence-corrected chi connectivity index (χ1v) is 10.9. The zero-order valence-corrected chi connectivity index (χ0v) is 17.7. The van der Waals surface area contributed by atoms with Crippen LogP contribution >= 0.6 is 0 Å². The van der Waals surface area contributed by atoms with Crippen molar-refractivity contribution in [2.24, 2.45) is 0 Å². The largest absolute Gasteiger partial charge is 0.472 e. The van der Waals surface area contributed by atoms with Crippen LogP contribution in [0.3, 0.4) is 0 Å². The van der Waals surface area contributed by atoms with Gasteiger partial charge in [0.1, 0.15) is 11.9 Å². The Kier molecular flexibility index (Phi) is 4.77. The minimum Gasteiger partial charge on any atom is -0.472 e. The van der Waals surface area contributed by atoms with E-state index in [0.717, 1.165) is 6.20 Å². The second-order valence-corrected chi connectivity index (χ2v) is 8.37. The summed E-state index contributed by atoms with van der Waals surface area (Å²) in [6, 6.07) is 0.709. The average molecular weight is 451 g/mol. The van der Waals surface area contributed by atoms with Crippen LogP contribution in [0.15, 0.2) is 42.9 Å². The third-order valence-corrected chi connectivity index (χ3v) is 6.29. The Labute approximate surface area is 189 Å². The Morgan fingerprint density at radius 1 is 1.24 bits per heavy atom. The van der Waals surface area contributed by atoms with Crippen molar-refractivity contribution in [1.82, 2.24) is 25.1 Å². The number of aromatic nitrogens is 3. The summed E-state index contributed by atoms with van der Waals surface area (Å²) in [6.07, 6.45) is 8.87. The second-order valence-electron chi connectivity index (χ2n) is 8.37. The average Bonchev–Trinajstić information content (AvgIpc) is 3.42. The standard InChI is InChI=1S/C23H22FN5O4/c1-13-8-15-2-5-28-21(13)17(11-26-28)22(30)27-18-12-31-6-4-20(18)33-23-16(9-14(24)10-25-23)19-3-7-32-29(15)19/h2,5,8-11,18-20H,1,3-4,6-7,12H2,(H,27,30)/t18-,19?,20+/m1/s1. The SMILES string of the molecule is C=C1C=C2C=Cn3ncc(c31)C(=O)N[C@@H]1COCC[C@@H]1Oc1ncc(F)cc1C1CCON21. The van der Waals surface area contributed by atoms with E-state index in [1.54, 1.807) is 15.9 Å². The number of carbonyl (C=O) groups excluding carboxylic acids is 1. The van der Waals surface area contributed by atoms with Gasteiger partial charge in [-0.3, -0.25) is 9.63 Å². The smallest absolute Gasteiger partial charge is 0.255 e. The summed E-state index contributed by atoms with van der Waals surface area (Å²) >= 11 is 0. The number of ether oxygens (including phenoxy) is 2. The van der Waals surface area contributed by atoms with Crippen LogP contribution in [0, 0.1) is 5.82 Å². The first-order valence-electron chi connectivity index (χ1n) is 10.9. The van der Waals surface area contributed by atoms with Crippen molar-refractivity contribution in [3.05, 3.63) is 65.5 Å². The quantitative estimate of drug-likeness (QED) is 0.658. The molecule has 1 amide bonds. The van der Waals surface area contributed by atoms with Gasteiger partial charge in [-0.25, -0.2) is 19.1 Å². The van der Waals surface area contributed by atoms with Crippen molar-refractivity contribution in [2.75, 3.05) is 19.8 Å². The molecule has 3 atom stereocenters. The van der Waals surface area contributed by atoms with E-state index >= 15 is 0 Å². The third-order valence-electron chi connectivity index (χ3n) is 6.29. The minimum atomic E-state index is -0.457. The number of nitrogens with one attached hydrogen (secondary N) is 1. The van der Waals surface area contributed by atoms with Gasteiger partial charge in [-0.05, 0) is 23.8 Å². The number of halogens is 1. The molecule has 0 aromatic carbocycles. The van der Waals surface area contributed by atoms with Crippen molar-refractivity contribution in [2.45, 2.75) is 31.0 Å². The fourth-order valence-corrected chi connectivity index (χ4v) is 4.71. The molecule has 4 aliphatic rings. The number of hydrogen-bond acceptors (Lipinski definition) is 7. The van der Waals surface area contributed by atoms with E-state index in [4.69, 9.17) is 14.3 Å². The molecule has 2 saturated heterocycles.